The van der Waals surface area contributed by atoms with E-state index in [1.165, 1.54) is 6.07 Å². The zero-order valence-electron chi connectivity index (χ0n) is 16.5. The van der Waals surface area contributed by atoms with Gasteiger partial charge in [-0.3, -0.25) is 29.6 Å². The normalized spacial score (nSPS) is 15.5. The zero-order chi connectivity index (χ0) is 22.5. The summed E-state index contributed by atoms with van der Waals surface area (Å²) in [4.78, 5) is 48.8. The molecule has 1 saturated heterocycles. The highest BCUT2D eigenvalue weighted by atomic mass is 79.9. The van der Waals surface area contributed by atoms with Crippen LogP contribution in [0.2, 0.25) is 5.02 Å². The van der Waals surface area contributed by atoms with Crippen LogP contribution in [0.15, 0.2) is 46.9 Å². The zero-order valence-corrected chi connectivity index (χ0v) is 18.8. The second kappa shape index (κ2) is 9.93. The Morgan fingerprint density at radius 2 is 1.97 bits per heavy atom. The van der Waals surface area contributed by atoms with Crippen LogP contribution >= 0.6 is 27.5 Å². The second-order valence-corrected chi connectivity index (χ2v) is 8.21. The van der Waals surface area contributed by atoms with Crippen LogP contribution in [0.5, 0.6) is 0 Å². The van der Waals surface area contributed by atoms with Gasteiger partial charge in [0.15, 0.2) is 6.61 Å². The van der Waals surface area contributed by atoms with Crippen LogP contribution in [0.4, 0.5) is 5.69 Å². The Morgan fingerprint density at radius 3 is 2.68 bits per heavy atom. The van der Waals surface area contributed by atoms with Crippen LogP contribution in [0.1, 0.15) is 22.3 Å². The molecule has 1 aliphatic rings. The summed E-state index contributed by atoms with van der Waals surface area (Å²) in [6.45, 7) is 1.35. The molecule has 1 heterocycles. The number of carbonyl (C=O) groups excluding carboxylic acids is 4. The smallest absolute Gasteiger partial charge is 0.311 e. The number of amides is 3. The van der Waals surface area contributed by atoms with Gasteiger partial charge in [-0.05, 0) is 42.8 Å². The predicted octanol–water partition coefficient (Wildman–Crippen LogP) is 3.09. The van der Waals surface area contributed by atoms with Crippen LogP contribution in [0, 0.1) is 12.8 Å². The third-order valence-corrected chi connectivity index (χ3v) is 5.82. The summed E-state index contributed by atoms with van der Waals surface area (Å²) in [5.41, 5.74) is 4.18. The fraction of sp³-hybridized carbons (Fsp3) is 0.238. The first-order chi connectivity index (χ1) is 14.7. The number of aryl methyl sites for hydroxylation is 1. The summed E-state index contributed by atoms with van der Waals surface area (Å²) in [5.74, 6) is -2.97. The largest absolute Gasteiger partial charge is 0.455 e. The van der Waals surface area contributed by atoms with Gasteiger partial charge in [-0.15, -0.1) is 0 Å². The molecule has 2 aromatic rings. The van der Waals surface area contributed by atoms with Crippen LogP contribution in [-0.4, -0.2) is 41.9 Å². The maximum Gasteiger partial charge on any atom is 0.311 e. The first-order valence-corrected chi connectivity index (χ1v) is 10.5. The van der Waals surface area contributed by atoms with Gasteiger partial charge in [0.2, 0.25) is 5.91 Å². The van der Waals surface area contributed by atoms with Gasteiger partial charge in [0, 0.05) is 16.6 Å². The Labute approximate surface area is 192 Å². The molecule has 3 rings (SSSR count). The summed E-state index contributed by atoms with van der Waals surface area (Å²) in [6, 6.07) is 11.7. The molecule has 0 aromatic heterocycles. The number of anilines is 1. The Kier molecular flexibility index (Phi) is 7.29. The van der Waals surface area contributed by atoms with E-state index >= 15 is 0 Å². The van der Waals surface area contributed by atoms with Crippen molar-refractivity contribution < 1.29 is 23.9 Å². The fourth-order valence-corrected chi connectivity index (χ4v) is 3.44. The summed E-state index contributed by atoms with van der Waals surface area (Å²) in [6.07, 6.45) is -0.130. The van der Waals surface area contributed by atoms with Crippen LogP contribution in [0.3, 0.4) is 0 Å². The number of hydrogen-bond acceptors (Lipinski definition) is 5. The van der Waals surface area contributed by atoms with Crippen molar-refractivity contribution in [3.8, 4) is 0 Å². The standard InChI is InChI=1S/C21H19BrClN3O5/c1-12-8-14(6-7-16(12)22)24-18(27)11-31-21(30)13-9-19(28)26(10-13)25-20(29)15-4-2-3-5-17(15)23/h2-8,13H,9-11H2,1H3,(H,24,27)(H,25,29)/t13-/m1/s1. The minimum absolute atomic E-state index is 0.0542. The quantitative estimate of drug-likeness (QED) is 0.584. The maximum absolute atomic E-state index is 12.3. The molecule has 10 heteroatoms. The molecule has 3 amide bonds. The third-order valence-electron chi connectivity index (χ3n) is 4.60. The Morgan fingerprint density at radius 1 is 1.23 bits per heavy atom. The predicted molar refractivity (Wildman–Crippen MR) is 117 cm³/mol. The fourth-order valence-electron chi connectivity index (χ4n) is 2.98. The number of ether oxygens (including phenoxy) is 1. The molecule has 31 heavy (non-hydrogen) atoms. The molecule has 1 fully saturated rings. The van der Waals surface area contributed by atoms with E-state index in [1.54, 1.807) is 36.4 Å². The van der Waals surface area contributed by atoms with Gasteiger partial charge in [0.05, 0.1) is 23.0 Å². The van der Waals surface area contributed by atoms with E-state index < -0.39 is 36.2 Å². The monoisotopic (exact) mass is 507 g/mol. The SMILES string of the molecule is Cc1cc(NC(=O)COC(=O)[C@@H]2CC(=O)N(NC(=O)c3ccccc3Cl)C2)ccc1Br. The number of benzene rings is 2. The number of hydrogen-bond donors (Lipinski definition) is 2. The van der Waals surface area contributed by atoms with Crippen molar-refractivity contribution in [2.75, 3.05) is 18.5 Å². The lowest BCUT2D eigenvalue weighted by Gasteiger charge is -2.18. The van der Waals surface area contributed by atoms with Gasteiger partial charge in [-0.25, -0.2) is 0 Å². The maximum atomic E-state index is 12.3. The molecule has 2 N–H and O–H groups in total. The van der Waals surface area contributed by atoms with Gasteiger partial charge < -0.3 is 10.1 Å². The first-order valence-electron chi connectivity index (χ1n) is 9.33. The van der Waals surface area contributed by atoms with Gasteiger partial charge >= 0.3 is 5.97 Å². The molecule has 162 valence electrons. The van der Waals surface area contributed by atoms with E-state index in [9.17, 15) is 19.2 Å². The molecule has 8 nitrogen and oxygen atoms in total. The Balaban J connectivity index is 1.49. The molecule has 1 aliphatic heterocycles. The number of carbonyl (C=O) groups is 4. The molecule has 0 aliphatic carbocycles. The number of rotatable bonds is 6. The lowest BCUT2D eigenvalue weighted by molar-refractivity contribution is -0.151. The van der Waals surface area contributed by atoms with Gasteiger partial charge in [0.25, 0.3) is 11.8 Å². The summed E-state index contributed by atoms with van der Waals surface area (Å²) in [5, 5.41) is 3.94. The molecule has 0 bridgehead atoms. The summed E-state index contributed by atoms with van der Waals surface area (Å²) < 4.78 is 5.96. The highest BCUT2D eigenvalue weighted by Crippen LogP contribution is 2.21. The van der Waals surface area contributed by atoms with Crippen LogP contribution < -0.4 is 10.7 Å². The lowest BCUT2D eigenvalue weighted by Crippen LogP contribution is -2.43. The van der Waals surface area contributed by atoms with Gasteiger partial charge in [-0.1, -0.05) is 39.7 Å². The Hall–Kier alpha value is -2.91. The van der Waals surface area contributed by atoms with Crippen molar-refractivity contribution in [3.63, 3.8) is 0 Å². The van der Waals surface area contributed by atoms with E-state index in [0.29, 0.717) is 5.69 Å². The highest BCUT2D eigenvalue weighted by Gasteiger charge is 2.36. The third kappa shape index (κ3) is 5.83. The van der Waals surface area contributed by atoms with Gasteiger partial charge in [0.1, 0.15) is 0 Å². The molecule has 0 saturated carbocycles. The van der Waals surface area contributed by atoms with Crippen molar-refractivity contribution in [1.82, 2.24) is 10.4 Å². The first kappa shape index (κ1) is 22.8. The van der Waals surface area contributed by atoms with Gasteiger partial charge in [-0.2, -0.15) is 0 Å². The van der Waals surface area contributed by atoms with Crippen molar-refractivity contribution in [3.05, 3.63) is 63.1 Å². The van der Waals surface area contributed by atoms with E-state index in [-0.39, 0.29) is 23.6 Å². The van der Waals surface area contributed by atoms with Crippen LogP contribution in [0.25, 0.3) is 0 Å². The van der Waals surface area contributed by atoms with Crippen molar-refractivity contribution >= 4 is 56.9 Å². The van der Waals surface area contributed by atoms with Crippen molar-refractivity contribution in [1.29, 1.82) is 0 Å². The number of hydrazine groups is 1. The van der Waals surface area contributed by atoms with Crippen molar-refractivity contribution in [2.24, 2.45) is 5.92 Å². The van der Waals surface area contributed by atoms with E-state index in [0.717, 1.165) is 15.0 Å². The number of halogens is 2. The minimum atomic E-state index is -0.790. The molecule has 1 atom stereocenters. The molecule has 0 radical (unpaired) electrons. The average molecular weight is 509 g/mol. The second-order valence-electron chi connectivity index (χ2n) is 6.95. The molecule has 2 aromatic carbocycles. The molecule has 0 spiro atoms. The van der Waals surface area contributed by atoms with E-state index in [1.807, 2.05) is 6.92 Å². The van der Waals surface area contributed by atoms with Crippen LogP contribution in [-0.2, 0) is 19.1 Å². The average Bonchev–Trinajstić information content (AvgIpc) is 3.09. The number of esters is 1. The number of nitrogens with zero attached hydrogens (tertiary/aromatic N) is 1. The lowest BCUT2D eigenvalue weighted by atomic mass is 10.1. The van der Waals surface area contributed by atoms with E-state index in [2.05, 4.69) is 26.7 Å². The topological polar surface area (TPSA) is 105 Å². The molecule has 0 unspecified atom stereocenters. The number of nitrogens with one attached hydrogen (secondary N) is 2. The van der Waals surface area contributed by atoms with Crippen molar-refractivity contribution in [2.45, 2.75) is 13.3 Å². The molecular formula is C21H19BrClN3O5. The summed E-state index contributed by atoms with van der Waals surface area (Å²) in [7, 11) is 0. The minimum Gasteiger partial charge on any atom is -0.455 e. The summed E-state index contributed by atoms with van der Waals surface area (Å²) >= 11 is 9.36. The molecular weight excluding hydrogens is 490 g/mol. The Bertz CT molecular complexity index is 1050. The van der Waals surface area contributed by atoms with E-state index in [4.69, 9.17) is 16.3 Å². The highest BCUT2D eigenvalue weighted by molar-refractivity contribution is 9.10.